The van der Waals surface area contributed by atoms with Crippen LogP contribution in [-0.4, -0.2) is 29.7 Å². The van der Waals surface area contributed by atoms with E-state index < -0.39 is 0 Å². The predicted octanol–water partition coefficient (Wildman–Crippen LogP) is 2.19. The summed E-state index contributed by atoms with van der Waals surface area (Å²) in [5, 5.41) is 3.39. The number of aryl methyl sites for hydroxylation is 1. The van der Waals surface area contributed by atoms with Gasteiger partial charge in [-0.25, -0.2) is 9.97 Å². The van der Waals surface area contributed by atoms with Crippen LogP contribution in [0.1, 0.15) is 37.4 Å². The monoisotopic (exact) mass is 235 g/mol. The van der Waals surface area contributed by atoms with E-state index in [-0.39, 0.29) is 0 Å². The average molecular weight is 235 g/mol. The molecule has 0 saturated heterocycles. The van der Waals surface area contributed by atoms with Crippen LogP contribution in [0.3, 0.4) is 0 Å². The zero-order valence-electron chi connectivity index (χ0n) is 10.5. The molecule has 1 aromatic rings. The molecule has 0 atom stereocenters. The summed E-state index contributed by atoms with van der Waals surface area (Å²) in [7, 11) is 0. The SMILES string of the molecule is CCCOCCCNc1ncnc2c1CCC2. The Morgan fingerprint density at radius 1 is 1.29 bits per heavy atom. The van der Waals surface area contributed by atoms with Gasteiger partial charge in [0.1, 0.15) is 12.1 Å². The molecule has 0 amide bonds. The van der Waals surface area contributed by atoms with E-state index in [2.05, 4.69) is 22.2 Å². The van der Waals surface area contributed by atoms with Crippen molar-refractivity contribution in [1.29, 1.82) is 0 Å². The lowest BCUT2D eigenvalue weighted by molar-refractivity contribution is 0.134. The molecule has 1 aromatic heterocycles. The molecule has 0 aromatic carbocycles. The van der Waals surface area contributed by atoms with Crippen molar-refractivity contribution in [2.75, 3.05) is 25.1 Å². The molecular weight excluding hydrogens is 214 g/mol. The van der Waals surface area contributed by atoms with E-state index in [0.717, 1.165) is 51.3 Å². The van der Waals surface area contributed by atoms with Crippen molar-refractivity contribution in [3.63, 3.8) is 0 Å². The van der Waals surface area contributed by atoms with E-state index in [1.807, 2.05) is 0 Å². The van der Waals surface area contributed by atoms with Gasteiger partial charge < -0.3 is 10.1 Å². The van der Waals surface area contributed by atoms with Crippen LogP contribution in [0.25, 0.3) is 0 Å². The number of ether oxygens (including phenoxy) is 1. The number of anilines is 1. The fourth-order valence-electron chi connectivity index (χ4n) is 2.14. The van der Waals surface area contributed by atoms with Gasteiger partial charge in [-0.15, -0.1) is 0 Å². The number of aromatic nitrogens is 2. The van der Waals surface area contributed by atoms with Gasteiger partial charge >= 0.3 is 0 Å². The summed E-state index contributed by atoms with van der Waals surface area (Å²) < 4.78 is 5.44. The molecule has 4 heteroatoms. The molecule has 17 heavy (non-hydrogen) atoms. The number of hydrogen-bond donors (Lipinski definition) is 1. The van der Waals surface area contributed by atoms with Crippen LogP contribution in [0.15, 0.2) is 6.33 Å². The summed E-state index contributed by atoms with van der Waals surface area (Å²) in [5.41, 5.74) is 2.55. The van der Waals surface area contributed by atoms with Crippen LogP contribution >= 0.6 is 0 Å². The molecule has 0 spiro atoms. The predicted molar refractivity (Wildman–Crippen MR) is 68.3 cm³/mol. The van der Waals surface area contributed by atoms with Gasteiger partial charge in [0.25, 0.3) is 0 Å². The highest BCUT2D eigenvalue weighted by molar-refractivity contribution is 5.47. The first-order valence-electron chi connectivity index (χ1n) is 6.56. The van der Waals surface area contributed by atoms with Crippen LogP contribution in [0.5, 0.6) is 0 Å². The highest BCUT2D eigenvalue weighted by Gasteiger charge is 2.16. The molecular formula is C13H21N3O. The second kappa shape index (κ2) is 6.55. The molecule has 0 aliphatic heterocycles. The highest BCUT2D eigenvalue weighted by Crippen LogP contribution is 2.24. The Bertz CT molecular complexity index is 355. The smallest absolute Gasteiger partial charge is 0.132 e. The Kier molecular flexibility index (Phi) is 4.74. The maximum atomic E-state index is 5.44. The minimum atomic E-state index is 0.827. The largest absolute Gasteiger partial charge is 0.381 e. The van der Waals surface area contributed by atoms with E-state index in [1.165, 1.54) is 17.7 Å². The van der Waals surface area contributed by atoms with Crippen LogP contribution in [0.2, 0.25) is 0 Å². The molecule has 1 heterocycles. The van der Waals surface area contributed by atoms with Crippen molar-refractivity contribution in [2.24, 2.45) is 0 Å². The van der Waals surface area contributed by atoms with Gasteiger partial charge in [-0.1, -0.05) is 6.92 Å². The number of nitrogens with one attached hydrogen (secondary N) is 1. The minimum absolute atomic E-state index is 0.827. The lowest BCUT2D eigenvalue weighted by Crippen LogP contribution is -2.09. The Morgan fingerprint density at radius 3 is 3.12 bits per heavy atom. The molecule has 1 aliphatic carbocycles. The molecule has 0 bridgehead atoms. The summed E-state index contributed by atoms with van der Waals surface area (Å²) in [6, 6.07) is 0. The molecule has 1 N–H and O–H groups in total. The van der Waals surface area contributed by atoms with Crippen molar-refractivity contribution < 1.29 is 4.74 Å². The average Bonchev–Trinajstić information content (AvgIpc) is 2.82. The van der Waals surface area contributed by atoms with Crippen LogP contribution < -0.4 is 5.32 Å². The van der Waals surface area contributed by atoms with E-state index in [9.17, 15) is 0 Å². The standard InChI is InChI=1S/C13H21N3O/c1-2-8-17-9-4-7-14-13-11-5-3-6-12(11)15-10-16-13/h10H,2-9H2,1H3,(H,14,15,16). The summed E-state index contributed by atoms with van der Waals surface area (Å²) in [4.78, 5) is 8.63. The third kappa shape index (κ3) is 3.40. The summed E-state index contributed by atoms with van der Waals surface area (Å²) in [6.07, 6.45) is 7.21. The van der Waals surface area contributed by atoms with Gasteiger partial charge in [0.2, 0.25) is 0 Å². The minimum Gasteiger partial charge on any atom is -0.381 e. The van der Waals surface area contributed by atoms with Crippen LogP contribution in [0, 0.1) is 0 Å². The Hall–Kier alpha value is -1.16. The number of nitrogens with zero attached hydrogens (tertiary/aromatic N) is 2. The normalized spacial score (nSPS) is 13.7. The lowest BCUT2D eigenvalue weighted by Gasteiger charge is -2.09. The van der Waals surface area contributed by atoms with Gasteiger partial charge in [-0.05, 0) is 32.1 Å². The summed E-state index contributed by atoms with van der Waals surface area (Å²) in [5.74, 6) is 1.03. The van der Waals surface area contributed by atoms with Gasteiger partial charge in [-0.2, -0.15) is 0 Å². The van der Waals surface area contributed by atoms with Gasteiger partial charge in [0, 0.05) is 31.0 Å². The summed E-state index contributed by atoms with van der Waals surface area (Å²) >= 11 is 0. The highest BCUT2D eigenvalue weighted by atomic mass is 16.5. The van der Waals surface area contributed by atoms with Gasteiger partial charge in [0.05, 0.1) is 0 Å². The van der Waals surface area contributed by atoms with E-state index in [0.29, 0.717) is 0 Å². The molecule has 0 fully saturated rings. The lowest BCUT2D eigenvalue weighted by atomic mass is 10.2. The third-order valence-corrected chi connectivity index (χ3v) is 2.98. The molecule has 2 rings (SSSR count). The zero-order chi connectivity index (χ0) is 11.9. The van der Waals surface area contributed by atoms with E-state index >= 15 is 0 Å². The Balaban J connectivity index is 1.74. The first kappa shape index (κ1) is 12.3. The second-order valence-corrected chi connectivity index (χ2v) is 4.39. The third-order valence-electron chi connectivity index (χ3n) is 2.98. The van der Waals surface area contributed by atoms with Crippen molar-refractivity contribution in [1.82, 2.24) is 9.97 Å². The fraction of sp³-hybridized carbons (Fsp3) is 0.692. The van der Waals surface area contributed by atoms with Crippen LogP contribution in [0.4, 0.5) is 5.82 Å². The molecule has 0 radical (unpaired) electrons. The van der Waals surface area contributed by atoms with Gasteiger partial charge in [0.15, 0.2) is 0 Å². The number of fused-ring (bicyclic) bond motifs is 1. The fourth-order valence-corrected chi connectivity index (χ4v) is 2.14. The van der Waals surface area contributed by atoms with Crippen LogP contribution in [-0.2, 0) is 17.6 Å². The molecule has 94 valence electrons. The quantitative estimate of drug-likeness (QED) is 0.736. The topological polar surface area (TPSA) is 47.0 Å². The Morgan fingerprint density at radius 2 is 2.24 bits per heavy atom. The molecule has 0 unspecified atom stereocenters. The molecule has 1 aliphatic rings. The van der Waals surface area contributed by atoms with E-state index in [1.54, 1.807) is 6.33 Å². The maximum Gasteiger partial charge on any atom is 0.132 e. The van der Waals surface area contributed by atoms with Crippen molar-refractivity contribution in [3.05, 3.63) is 17.6 Å². The van der Waals surface area contributed by atoms with Crippen molar-refractivity contribution in [3.8, 4) is 0 Å². The number of hydrogen-bond acceptors (Lipinski definition) is 4. The second-order valence-electron chi connectivity index (χ2n) is 4.39. The van der Waals surface area contributed by atoms with Crippen molar-refractivity contribution >= 4 is 5.82 Å². The molecule has 4 nitrogen and oxygen atoms in total. The summed E-state index contributed by atoms with van der Waals surface area (Å²) in [6.45, 7) is 4.74. The van der Waals surface area contributed by atoms with Crippen molar-refractivity contribution in [2.45, 2.75) is 39.0 Å². The zero-order valence-corrected chi connectivity index (χ0v) is 10.5. The van der Waals surface area contributed by atoms with Gasteiger partial charge in [-0.3, -0.25) is 0 Å². The number of rotatable bonds is 7. The first-order chi connectivity index (χ1) is 8.42. The maximum absolute atomic E-state index is 5.44. The Labute approximate surface area is 103 Å². The van der Waals surface area contributed by atoms with E-state index in [4.69, 9.17) is 4.74 Å². The first-order valence-corrected chi connectivity index (χ1v) is 6.56. The molecule has 0 saturated carbocycles.